The van der Waals surface area contributed by atoms with Crippen molar-refractivity contribution in [3.8, 4) is 11.1 Å². The number of rotatable bonds is 9. The number of benzene rings is 2. The zero-order valence-electron chi connectivity index (χ0n) is 16.9. The van der Waals surface area contributed by atoms with Gasteiger partial charge in [0.1, 0.15) is 0 Å². The van der Waals surface area contributed by atoms with E-state index in [4.69, 9.17) is 4.74 Å². The molecule has 0 aliphatic carbocycles. The molecule has 2 aromatic carbocycles. The maximum absolute atomic E-state index is 12.3. The highest BCUT2D eigenvalue weighted by Crippen LogP contribution is 2.35. The molecule has 0 saturated heterocycles. The summed E-state index contributed by atoms with van der Waals surface area (Å²) < 4.78 is 5.03. The van der Waals surface area contributed by atoms with E-state index in [-0.39, 0.29) is 11.9 Å². The predicted molar refractivity (Wildman–Crippen MR) is 113 cm³/mol. The Morgan fingerprint density at radius 2 is 1.70 bits per heavy atom. The van der Waals surface area contributed by atoms with E-state index in [0.717, 1.165) is 12.8 Å². The molecule has 0 aliphatic rings. The number of hydrogen-bond donors (Lipinski definition) is 1. The van der Waals surface area contributed by atoms with Crippen molar-refractivity contribution in [2.75, 3.05) is 7.11 Å². The first kappa shape index (κ1) is 21.2. The second-order valence-corrected chi connectivity index (χ2v) is 7.83. The van der Waals surface area contributed by atoms with Gasteiger partial charge in [0.25, 0.3) is 6.92 Å². The van der Waals surface area contributed by atoms with Gasteiger partial charge in [-0.05, 0) is 55.1 Å². The molecule has 0 heterocycles. The van der Waals surface area contributed by atoms with Gasteiger partial charge in [0.2, 0.25) is 0 Å². The minimum absolute atomic E-state index is 0.167. The number of ether oxygens (including phenoxy) is 1. The van der Waals surface area contributed by atoms with E-state index in [1.165, 1.54) is 23.8 Å². The van der Waals surface area contributed by atoms with Gasteiger partial charge in [-0.2, -0.15) is 0 Å². The maximum Gasteiger partial charge on any atom is 0.311 e. The van der Waals surface area contributed by atoms with Crippen LogP contribution in [-0.2, 0) is 16.0 Å². The second-order valence-electron chi connectivity index (χ2n) is 7.83. The lowest BCUT2D eigenvalue weighted by Gasteiger charge is -2.30. The number of carbonyl (C=O) groups is 1. The Bertz CT molecular complexity index is 712. The Morgan fingerprint density at radius 1 is 1.11 bits per heavy atom. The summed E-state index contributed by atoms with van der Waals surface area (Å²) in [6.07, 6.45) is 2.95. The lowest BCUT2D eigenvalue weighted by molar-refractivity contribution is -0.153. The quantitative estimate of drug-likeness (QED) is 0.496. The van der Waals surface area contributed by atoms with Gasteiger partial charge in [-0.3, -0.25) is 4.79 Å². The summed E-state index contributed by atoms with van der Waals surface area (Å²) in [6.45, 7) is 5.40. The molecule has 1 N–H and O–H groups in total. The summed E-state index contributed by atoms with van der Waals surface area (Å²) in [5.41, 5.74) is 3.11. The van der Waals surface area contributed by atoms with Gasteiger partial charge in [-0.25, -0.2) is 0 Å². The first-order chi connectivity index (χ1) is 12.9. The van der Waals surface area contributed by atoms with Crippen LogP contribution in [0, 0.1) is 11.3 Å². The van der Waals surface area contributed by atoms with E-state index in [9.17, 15) is 9.82 Å². The molecule has 0 aliphatic heterocycles. The standard InChI is InChI=1S/C23H31BO3/c1-5-23(2,22(25)27-4)16-19(17-24(3)26)15-18-11-13-21(14-12-18)20-9-7-6-8-10-20/h6-14,19,26H,5,15-17H2,1-4H3/t19-,23-/m1/s1. The van der Waals surface area contributed by atoms with Crippen LogP contribution in [0.1, 0.15) is 32.3 Å². The van der Waals surface area contributed by atoms with Crippen LogP contribution < -0.4 is 0 Å². The lowest BCUT2D eigenvalue weighted by atomic mass is 9.60. The van der Waals surface area contributed by atoms with E-state index in [1.807, 2.05) is 38.9 Å². The normalized spacial score (nSPS) is 14.3. The van der Waals surface area contributed by atoms with Gasteiger partial charge in [0.15, 0.2) is 0 Å². The Morgan fingerprint density at radius 3 is 2.22 bits per heavy atom. The van der Waals surface area contributed by atoms with Gasteiger partial charge in [-0.15, -0.1) is 0 Å². The van der Waals surface area contributed by atoms with E-state index in [0.29, 0.717) is 12.7 Å². The second kappa shape index (κ2) is 9.75. The Labute approximate surface area is 163 Å². The van der Waals surface area contributed by atoms with Gasteiger partial charge in [-0.1, -0.05) is 68.3 Å². The van der Waals surface area contributed by atoms with Gasteiger partial charge in [0, 0.05) is 0 Å². The molecule has 0 aromatic heterocycles. The first-order valence-electron chi connectivity index (χ1n) is 9.78. The van der Waals surface area contributed by atoms with Gasteiger partial charge < -0.3 is 9.76 Å². The van der Waals surface area contributed by atoms with Crippen molar-refractivity contribution in [2.45, 2.75) is 46.3 Å². The van der Waals surface area contributed by atoms with Crippen molar-refractivity contribution in [2.24, 2.45) is 11.3 Å². The van der Waals surface area contributed by atoms with Crippen molar-refractivity contribution >= 4 is 12.9 Å². The molecule has 0 amide bonds. The van der Waals surface area contributed by atoms with Crippen LogP contribution in [0.2, 0.25) is 13.1 Å². The maximum atomic E-state index is 12.3. The fourth-order valence-corrected chi connectivity index (χ4v) is 3.77. The van der Waals surface area contributed by atoms with E-state index < -0.39 is 12.3 Å². The number of hydrogen-bond acceptors (Lipinski definition) is 3. The first-order valence-corrected chi connectivity index (χ1v) is 9.78. The Hall–Kier alpha value is -2.07. The van der Waals surface area contributed by atoms with Crippen LogP contribution in [0.25, 0.3) is 11.1 Å². The highest BCUT2D eigenvalue weighted by molar-refractivity contribution is 6.48. The number of carbonyl (C=O) groups excluding carboxylic acids is 1. The smallest absolute Gasteiger partial charge is 0.311 e. The van der Waals surface area contributed by atoms with Crippen LogP contribution >= 0.6 is 0 Å². The number of esters is 1. The van der Waals surface area contributed by atoms with Crippen LogP contribution in [0.15, 0.2) is 54.6 Å². The summed E-state index contributed by atoms with van der Waals surface area (Å²) in [5, 5.41) is 9.94. The molecule has 2 aromatic rings. The van der Waals surface area contributed by atoms with Gasteiger partial charge in [0.05, 0.1) is 12.5 Å². The van der Waals surface area contributed by atoms with Crippen molar-refractivity contribution in [3.63, 3.8) is 0 Å². The molecule has 0 fully saturated rings. The molecule has 2 atom stereocenters. The largest absolute Gasteiger partial charge is 0.469 e. The fourth-order valence-electron chi connectivity index (χ4n) is 3.77. The predicted octanol–water partition coefficient (Wildman–Crippen LogP) is 5.11. The van der Waals surface area contributed by atoms with Crippen molar-refractivity contribution in [3.05, 3.63) is 60.2 Å². The van der Waals surface area contributed by atoms with Crippen LogP contribution in [0.4, 0.5) is 0 Å². The minimum atomic E-state index is -0.516. The molecule has 0 bridgehead atoms. The summed E-state index contributed by atoms with van der Waals surface area (Å²) in [7, 11) is 1.45. The molecule has 4 heteroatoms. The SMILES string of the molecule is CC[C@](C)(C[C@H](CB(C)O)Cc1ccc(-c2ccccc2)cc1)C(=O)OC. The average molecular weight is 366 g/mol. The molecule has 144 valence electrons. The zero-order chi connectivity index (χ0) is 19.9. The van der Waals surface area contributed by atoms with E-state index >= 15 is 0 Å². The molecule has 27 heavy (non-hydrogen) atoms. The average Bonchev–Trinajstić information content (AvgIpc) is 2.68. The zero-order valence-corrected chi connectivity index (χ0v) is 16.9. The van der Waals surface area contributed by atoms with E-state index in [1.54, 1.807) is 0 Å². The molecular formula is C23H31BO3. The number of methoxy groups -OCH3 is 1. The lowest BCUT2D eigenvalue weighted by Crippen LogP contribution is -2.32. The summed E-state index contributed by atoms with van der Waals surface area (Å²) >= 11 is 0. The van der Waals surface area contributed by atoms with Crippen molar-refractivity contribution in [1.29, 1.82) is 0 Å². The third kappa shape index (κ3) is 5.97. The van der Waals surface area contributed by atoms with E-state index in [2.05, 4.69) is 36.4 Å². The molecule has 0 unspecified atom stereocenters. The van der Waals surface area contributed by atoms with Gasteiger partial charge >= 0.3 is 5.97 Å². The van der Waals surface area contributed by atoms with Crippen molar-refractivity contribution < 1.29 is 14.6 Å². The molecule has 0 saturated carbocycles. The minimum Gasteiger partial charge on any atom is -0.469 e. The molecule has 0 radical (unpaired) electrons. The van der Waals surface area contributed by atoms with Crippen LogP contribution in [0.3, 0.4) is 0 Å². The Kier molecular flexibility index (Phi) is 7.67. The highest BCUT2D eigenvalue weighted by atomic mass is 16.5. The van der Waals surface area contributed by atoms with Crippen LogP contribution in [-0.4, -0.2) is 25.0 Å². The summed E-state index contributed by atoms with van der Waals surface area (Å²) in [4.78, 5) is 12.3. The molecular weight excluding hydrogens is 335 g/mol. The highest BCUT2D eigenvalue weighted by Gasteiger charge is 2.35. The summed E-state index contributed by atoms with van der Waals surface area (Å²) in [5.74, 6) is 0.0524. The topological polar surface area (TPSA) is 46.5 Å². The third-order valence-corrected chi connectivity index (χ3v) is 5.46. The monoisotopic (exact) mass is 366 g/mol. The van der Waals surface area contributed by atoms with Crippen LogP contribution in [0.5, 0.6) is 0 Å². The molecule has 3 nitrogen and oxygen atoms in total. The third-order valence-electron chi connectivity index (χ3n) is 5.46. The molecule has 0 spiro atoms. The fraction of sp³-hybridized carbons (Fsp3) is 0.435. The van der Waals surface area contributed by atoms with Crippen molar-refractivity contribution in [1.82, 2.24) is 0 Å². The summed E-state index contributed by atoms with van der Waals surface area (Å²) in [6, 6.07) is 18.9. The molecule has 2 rings (SSSR count). The Balaban J connectivity index is 2.14.